The fraction of sp³-hybridized carbons (Fsp3) is 0.760. The van der Waals surface area contributed by atoms with Gasteiger partial charge in [0.25, 0.3) is 0 Å². The Morgan fingerprint density at radius 1 is 0.720 bits per heavy atom. The molecule has 0 aromatic heterocycles. The van der Waals surface area contributed by atoms with Gasteiger partial charge in [-0.2, -0.15) is 0 Å². The predicted molar refractivity (Wildman–Crippen MR) is 113 cm³/mol. The second-order valence-electron chi connectivity index (χ2n) is 8.83. The highest BCUT2D eigenvalue weighted by molar-refractivity contribution is 5.32. The lowest BCUT2D eigenvalue weighted by Gasteiger charge is -2.22. The summed E-state index contributed by atoms with van der Waals surface area (Å²) in [5.74, 6) is 0. The summed E-state index contributed by atoms with van der Waals surface area (Å²) in [6.07, 6.45) is 19.8. The average molecular weight is 344 g/mol. The van der Waals surface area contributed by atoms with Crippen LogP contribution in [0, 0.1) is 6.07 Å². The van der Waals surface area contributed by atoms with Crippen molar-refractivity contribution in [2.75, 3.05) is 0 Å². The van der Waals surface area contributed by atoms with E-state index in [-0.39, 0.29) is 5.41 Å². The molecule has 0 bridgehead atoms. The molecule has 1 aromatic rings. The summed E-state index contributed by atoms with van der Waals surface area (Å²) >= 11 is 0. The summed E-state index contributed by atoms with van der Waals surface area (Å²) in [4.78, 5) is 0. The first-order valence-electron chi connectivity index (χ1n) is 11.0. The van der Waals surface area contributed by atoms with E-state index in [0.717, 1.165) is 0 Å². The lowest BCUT2D eigenvalue weighted by atomic mass is 9.82. The van der Waals surface area contributed by atoms with Gasteiger partial charge in [-0.25, -0.2) is 0 Å². The van der Waals surface area contributed by atoms with Crippen LogP contribution in [0.1, 0.15) is 122 Å². The zero-order valence-electron chi connectivity index (χ0n) is 17.6. The van der Waals surface area contributed by atoms with Crippen LogP contribution in [0.5, 0.6) is 0 Å². The van der Waals surface area contributed by atoms with Crippen LogP contribution in [0.2, 0.25) is 0 Å². The molecule has 0 saturated heterocycles. The molecule has 1 rings (SSSR count). The summed E-state index contributed by atoms with van der Waals surface area (Å²) in [6, 6.07) is 9.80. The van der Waals surface area contributed by atoms with Gasteiger partial charge in [0.2, 0.25) is 0 Å². The van der Waals surface area contributed by atoms with Crippen molar-refractivity contribution in [2.24, 2.45) is 0 Å². The molecule has 1 aromatic carbocycles. The van der Waals surface area contributed by atoms with E-state index in [2.05, 4.69) is 52.0 Å². The summed E-state index contributed by atoms with van der Waals surface area (Å²) in [6.45, 7) is 9.24. The van der Waals surface area contributed by atoms with Crippen LogP contribution in [0.4, 0.5) is 0 Å². The second-order valence-corrected chi connectivity index (χ2v) is 8.83. The minimum atomic E-state index is 0.251. The molecule has 143 valence electrons. The summed E-state index contributed by atoms with van der Waals surface area (Å²) < 4.78 is 0. The van der Waals surface area contributed by atoms with E-state index < -0.39 is 0 Å². The number of rotatable bonds is 14. The van der Waals surface area contributed by atoms with E-state index in [4.69, 9.17) is 0 Å². The molecule has 0 aliphatic rings. The van der Waals surface area contributed by atoms with Gasteiger partial charge in [-0.3, -0.25) is 0 Å². The van der Waals surface area contributed by atoms with Crippen LogP contribution >= 0.6 is 0 Å². The summed E-state index contributed by atoms with van der Waals surface area (Å²) in [5, 5.41) is 0. The van der Waals surface area contributed by atoms with Gasteiger partial charge in [0, 0.05) is 0 Å². The Bertz CT molecular complexity index is 424. The third-order valence-electron chi connectivity index (χ3n) is 5.31. The van der Waals surface area contributed by atoms with Gasteiger partial charge in [-0.1, -0.05) is 123 Å². The van der Waals surface area contributed by atoms with Gasteiger partial charge in [-0.15, -0.1) is 0 Å². The van der Waals surface area contributed by atoms with Crippen molar-refractivity contribution in [1.82, 2.24) is 0 Å². The Kier molecular flexibility index (Phi) is 12.0. The minimum Gasteiger partial charge on any atom is -0.0654 e. The molecule has 0 aliphatic heterocycles. The second kappa shape index (κ2) is 13.4. The smallest absolute Gasteiger partial charge is 0.0129 e. The van der Waals surface area contributed by atoms with Gasteiger partial charge in [0.1, 0.15) is 0 Å². The van der Waals surface area contributed by atoms with E-state index in [1.807, 2.05) is 0 Å². The molecule has 0 N–H and O–H groups in total. The van der Waals surface area contributed by atoms with Crippen LogP contribution in [-0.4, -0.2) is 0 Å². The Hall–Kier alpha value is -0.780. The molecule has 0 unspecified atom stereocenters. The molecule has 0 fully saturated rings. The molecule has 0 atom stereocenters. The van der Waals surface area contributed by atoms with Crippen molar-refractivity contribution in [3.05, 3.63) is 35.4 Å². The SMILES string of the molecule is CCCCCCCCCCCCCCCc1c[c]ccc1C(C)(C)C. The van der Waals surface area contributed by atoms with Crippen molar-refractivity contribution in [3.63, 3.8) is 0 Å². The third kappa shape index (κ3) is 10.7. The zero-order chi connectivity index (χ0) is 18.4. The highest BCUT2D eigenvalue weighted by atomic mass is 14.2. The van der Waals surface area contributed by atoms with Crippen LogP contribution < -0.4 is 0 Å². The number of unbranched alkanes of at least 4 members (excludes halogenated alkanes) is 12. The lowest BCUT2D eigenvalue weighted by molar-refractivity contribution is 0.537. The van der Waals surface area contributed by atoms with Crippen molar-refractivity contribution in [2.45, 2.75) is 123 Å². The van der Waals surface area contributed by atoms with Crippen LogP contribution in [-0.2, 0) is 11.8 Å². The first kappa shape index (κ1) is 22.3. The van der Waals surface area contributed by atoms with E-state index in [1.165, 1.54) is 101 Å². The molecule has 0 spiro atoms. The highest BCUT2D eigenvalue weighted by Gasteiger charge is 2.16. The first-order valence-corrected chi connectivity index (χ1v) is 11.0. The standard InChI is InChI=1S/C25H43/c1-5-6-7-8-9-10-11-12-13-14-15-16-17-20-23-21-18-19-22-24(23)25(2,3)4/h19,21-22H,5-17,20H2,1-4H3. The Morgan fingerprint density at radius 2 is 1.20 bits per heavy atom. The summed E-state index contributed by atoms with van der Waals surface area (Å²) in [7, 11) is 0. The number of hydrogen-bond acceptors (Lipinski definition) is 0. The van der Waals surface area contributed by atoms with E-state index >= 15 is 0 Å². The maximum absolute atomic E-state index is 3.27. The van der Waals surface area contributed by atoms with E-state index in [9.17, 15) is 0 Å². The fourth-order valence-electron chi connectivity index (χ4n) is 3.74. The number of benzene rings is 1. The monoisotopic (exact) mass is 343 g/mol. The fourth-order valence-corrected chi connectivity index (χ4v) is 3.74. The van der Waals surface area contributed by atoms with Gasteiger partial charge in [0.05, 0.1) is 0 Å². The predicted octanol–water partition coefficient (Wildman–Crippen LogP) is 8.42. The lowest BCUT2D eigenvalue weighted by Crippen LogP contribution is -2.14. The largest absolute Gasteiger partial charge is 0.0654 e. The topological polar surface area (TPSA) is 0 Å². The minimum absolute atomic E-state index is 0.251. The maximum Gasteiger partial charge on any atom is -0.0129 e. The molecule has 0 heterocycles. The molecule has 0 amide bonds. The van der Waals surface area contributed by atoms with E-state index in [1.54, 1.807) is 0 Å². The molecular weight excluding hydrogens is 300 g/mol. The van der Waals surface area contributed by atoms with Gasteiger partial charge >= 0.3 is 0 Å². The molecule has 1 radical (unpaired) electrons. The van der Waals surface area contributed by atoms with Crippen molar-refractivity contribution in [3.8, 4) is 0 Å². The van der Waals surface area contributed by atoms with Gasteiger partial charge in [0.15, 0.2) is 0 Å². The van der Waals surface area contributed by atoms with Crippen LogP contribution in [0.25, 0.3) is 0 Å². The van der Waals surface area contributed by atoms with Gasteiger partial charge < -0.3 is 0 Å². The molecule has 0 saturated carbocycles. The Labute approximate surface area is 158 Å². The Balaban J connectivity index is 1.99. The van der Waals surface area contributed by atoms with Crippen LogP contribution in [0.3, 0.4) is 0 Å². The summed E-state index contributed by atoms with van der Waals surface area (Å²) in [5.41, 5.74) is 3.27. The van der Waals surface area contributed by atoms with Crippen LogP contribution in [0.15, 0.2) is 18.2 Å². The van der Waals surface area contributed by atoms with E-state index in [0.29, 0.717) is 0 Å². The highest BCUT2D eigenvalue weighted by Crippen LogP contribution is 2.26. The van der Waals surface area contributed by atoms with Crippen molar-refractivity contribution < 1.29 is 0 Å². The molecule has 0 heteroatoms. The number of hydrogen-bond donors (Lipinski definition) is 0. The van der Waals surface area contributed by atoms with Gasteiger partial charge in [-0.05, 0) is 35.4 Å². The Morgan fingerprint density at radius 3 is 1.68 bits per heavy atom. The molecular formula is C25H43. The van der Waals surface area contributed by atoms with Crippen molar-refractivity contribution >= 4 is 0 Å². The molecule has 0 nitrogen and oxygen atoms in total. The third-order valence-corrected chi connectivity index (χ3v) is 5.31. The molecule has 0 aliphatic carbocycles. The normalized spacial score (nSPS) is 11.8. The average Bonchev–Trinajstić information content (AvgIpc) is 2.58. The van der Waals surface area contributed by atoms with Crippen molar-refractivity contribution in [1.29, 1.82) is 0 Å². The quantitative estimate of drug-likeness (QED) is 0.297. The zero-order valence-corrected chi connectivity index (χ0v) is 17.6. The number of aryl methyl sites for hydroxylation is 1. The first-order chi connectivity index (χ1) is 12.1. The molecule has 25 heavy (non-hydrogen) atoms. The maximum atomic E-state index is 3.27.